The van der Waals surface area contributed by atoms with Gasteiger partial charge in [0.25, 0.3) is 5.69 Å². The average Bonchev–Trinajstić information content (AvgIpc) is 2.94. The van der Waals surface area contributed by atoms with Crippen LogP contribution in [0.15, 0.2) is 72.8 Å². The molecule has 0 heterocycles. The molecule has 42 heavy (non-hydrogen) atoms. The molecule has 0 fully saturated rings. The van der Waals surface area contributed by atoms with E-state index in [1.807, 2.05) is 44.2 Å². The van der Waals surface area contributed by atoms with Crippen LogP contribution in [0.2, 0.25) is 10.0 Å². The van der Waals surface area contributed by atoms with Crippen LogP contribution in [0.1, 0.15) is 31.4 Å². The van der Waals surface area contributed by atoms with E-state index >= 15 is 0 Å². The molecule has 13 heteroatoms. The minimum atomic E-state index is -4.10. The summed E-state index contributed by atoms with van der Waals surface area (Å²) in [5.41, 5.74) is 0.732. The Morgan fingerprint density at radius 2 is 1.62 bits per heavy atom. The van der Waals surface area contributed by atoms with Gasteiger partial charge in [0.2, 0.25) is 21.8 Å². The van der Waals surface area contributed by atoms with Crippen molar-refractivity contribution in [3.63, 3.8) is 0 Å². The van der Waals surface area contributed by atoms with Crippen molar-refractivity contribution in [1.82, 2.24) is 10.2 Å². The molecule has 0 bridgehead atoms. The molecule has 3 rings (SSSR count). The van der Waals surface area contributed by atoms with Crippen molar-refractivity contribution in [1.29, 1.82) is 0 Å². The number of benzene rings is 3. The molecule has 0 spiro atoms. The fraction of sp³-hybridized carbons (Fsp3) is 0.310. The number of hydrogen-bond acceptors (Lipinski definition) is 6. The maximum Gasteiger partial charge on any atom is 0.271 e. The smallest absolute Gasteiger partial charge is 0.271 e. The minimum absolute atomic E-state index is 0.0700. The van der Waals surface area contributed by atoms with Crippen LogP contribution in [0.25, 0.3) is 0 Å². The van der Waals surface area contributed by atoms with Gasteiger partial charge in [0.15, 0.2) is 0 Å². The van der Waals surface area contributed by atoms with E-state index in [2.05, 4.69) is 5.32 Å². The van der Waals surface area contributed by atoms with Crippen molar-refractivity contribution < 1.29 is 22.9 Å². The molecule has 0 saturated heterocycles. The summed E-state index contributed by atoms with van der Waals surface area (Å²) in [7, 11) is -4.10. The summed E-state index contributed by atoms with van der Waals surface area (Å²) in [6.45, 7) is 2.81. The molecule has 3 aromatic carbocycles. The van der Waals surface area contributed by atoms with Crippen LogP contribution < -0.4 is 9.62 Å². The van der Waals surface area contributed by atoms with Crippen LogP contribution in [0.3, 0.4) is 0 Å². The van der Waals surface area contributed by atoms with Gasteiger partial charge < -0.3 is 10.2 Å². The van der Waals surface area contributed by atoms with Crippen LogP contribution in [-0.4, -0.2) is 54.9 Å². The summed E-state index contributed by atoms with van der Waals surface area (Å²) in [5, 5.41) is 14.8. The van der Waals surface area contributed by atoms with Crippen molar-refractivity contribution in [3.8, 4) is 0 Å². The first-order valence-electron chi connectivity index (χ1n) is 13.1. The fourth-order valence-electron chi connectivity index (χ4n) is 4.22. The third-order valence-corrected chi connectivity index (χ3v) is 8.52. The Balaban J connectivity index is 2.12. The number of sulfonamides is 1. The van der Waals surface area contributed by atoms with E-state index in [1.54, 1.807) is 18.2 Å². The maximum absolute atomic E-state index is 14.1. The predicted molar refractivity (Wildman–Crippen MR) is 164 cm³/mol. The van der Waals surface area contributed by atoms with Gasteiger partial charge in [-0.2, -0.15) is 0 Å². The van der Waals surface area contributed by atoms with Gasteiger partial charge in [0, 0.05) is 46.7 Å². The molecule has 0 aromatic heterocycles. The third kappa shape index (κ3) is 8.67. The lowest BCUT2D eigenvalue weighted by molar-refractivity contribution is -0.384. The largest absolute Gasteiger partial charge is 0.352 e. The number of amides is 2. The molecule has 3 aromatic rings. The van der Waals surface area contributed by atoms with Crippen molar-refractivity contribution >= 4 is 56.4 Å². The molecule has 10 nitrogen and oxygen atoms in total. The van der Waals surface area contributed by atoms with Crippen LogP contribution in [-0.2, 0) is 32.6 Å². The summed E-state index contributed by atoms with van der Waals surface area (Å²) in [6.07, 6.45) is 1.65. The predicted octanol–water partition coefficient (Wildman–Crippen LogP) is 5.22. The highest BCUT2D eigenvalue weighted by molar-refractivity contribution is 7.92. The first-order chi connectivity index (χ1) is 19.8. The topological polar surface area (TPSA) is 130 Å². The van der Waals surface area contributed by atoms with Gasteiger partial charge in [0.1, 0.15) is 12.6 Å². The number of non-ortho nitro benzene ring substituents is 1. The molecule has 0 aliphatic carbocycles. The van der Waals surface area contributed by atoms with E-state index in [1.165, 1.54) is 23.1 Å². The van der Waals surface area contributed by atoms with Gasteiger partial charge in [0.05, 0.1) is 16.9 Å². The van der Waals surface area contributed by atoms with Gasteiger partial charge in [-0.1, -0.05) is 72.6 Å². The second-order valence-corrected chi connectivity index (χ2v) is 12.5. The highest BCUT2D eigenvalue weighted by atomic mass is 35.5. The molecule has 0 saturated carbocycles. The molecule has 2 atom stereocenters. The Bertz CT molecular complexity index is 1520. The Morgan fingerprint density at radius 3 is 2.19 bits per heavy atom. The quantitative estimate of drug-likeness (QED) is 0.203. The Morgan fingerprint density at radius 1 is 1.00 bits per heavy atom. The molecule has 0 aliphatic heterocycles. The first kappa shape index (κ1) is 32.8. The van der Waals surface area contributed by atoms with Crippen molar-refractivity contribution in [2.75, 3.05) is 17.1 Å². The second kappa shape index (κ2) is 14.5. The maximum atomic E-state index is 14.1. The molecule has 1 N–H and O–H groups in total. The number of carbonyl (C=O) groups excluding carboxylic acids is 2. The molecule has 0 radical (unpaired) electrons. The summed E-state index contributed by atoms with van der Waals surface area (Å²) in [5.74, 6) is -1.17. The van der Waals surface area contributed by atoms with Gasteiger partial charge in [-0.15, -0.1) is 0 Å². The third-order valence-electron chi connectivity index (χ3n) is 6.67. The number of nitro benzene ring substituents is 1. The van der Waals surface area contributed by atoms with Gasteiger partial charge in [-0.25, -0.2) is 8.42 Å². The first-order valence-corrected chi connectivity index (χ1v) is 15.7. The molecule has 2 amide bonds. The monoisotopic (exact) mass is 634 g/mol. The van der Waals surface area contributed by atoms with E-state index in [0.717, 1.165) is 22.2 Å². The number of carbonyl (C=O) groups is 2. The van der Waals surface area contributed by atoms with E-state index < -0.39 is 39.3 Å². The van der Waals surface area contributed by atoms with Crippen molar-refractivity contribution in [2.24, 2.45) is 0 Å². The Kier molecular flexibility index (Phi) is 11.3. The van der Waals surface area contributed by atoms with Crippen molar-refractivity contribution in [3.05, 3.63) is 104 Å². The van der Waals surface area contributed by atoms with Crippen LogP contribution in [0, 0.1) is 10.1 Å². The second-order valence-electron chi connectivity index (χ2n) is 9.79. The lowest BCUT2D eigenvalue weighted by Gasteiger charge is -2.34. The number of hydrogen-bond donors (Lipinski definition) is 1. The van der Waals surface area contributed by atoms with Gasteiger partial charge >= 0.3 is 0 Å². The molecular formula is C29H32Cl2N4O6S. The van der Waals surface area contributed by atoms with Crippen molar-refractivity contribution in [2.45, 2.75) is 45.3 Å². The van der Waals surface area contributed by atoms with Crippen LogP contribution in [0.4, 0.5) is 11.4 Å². The minimum Gasteiger partial charge on any atom is -0.352 e. The highest BCUT2D eigenvalue weighted by Gasteiger charge is 2.34. The molecule has 0 unspecified atom stereocenters. The van der Waals surface area contributed by atoms with E-state index in [9.17, 15) is 28.1 Å². The standard InChI is InChI=1S/C29H32Cl2N4O6S/c1-4-20(2)32-29(37)27(16-21-10-6-5-7-11-21)33(18-24-25(30)14-9-15-26(24)31)28(36)19-34(42(3,40)41)22-12-8-13-23(17-22)35(38)39/h5-15,17,20,27H,4,16,18-19H2,1-3H3,(H,32,37)/t20-,27-/m1/s1. The number of rotatable bonds is 13. The average molecular weight is 636 g/mol. The van der Waals surface area contributed by atoms with Crippen LogP contribution in [0.5, 0.6) is 0 Å². The molecule has 0 aliphatic rings. The Labute approximate surface area is 255 Å². The highest BCUT2D eigenvalue weighted by Crippen LogP contribution is 2.28. The zero-order valence-electron chi connectivity index (χ0n) is 23.4. The Hall–Kier alpha value is -3.67. The number of nitrogens with zero attached hydrogens (tertiary/aromatic N) is 3. The molecule has 224 valence electrons. The van der Waals surface area contributed by atoms with E-state index in [0.29, 0.717) is 12.0 Å². The number of halogens is 2. The summed E-state index contributed by atoms with van der Waals surface area (Å²) >= 11 is 12.9. The zero-order valence-corrected chi connectivity index (χ0v) is 25.7. The summed E-state index contributed by atoms with van der Waals surface area (Å²) in [4.78, 5) is 39.8. The van der Waals surface area contributed by atoms with Gasteiger partial charge in [-0.3, -0.25) is 24.0 Å². The van der Waals surface area contributed by atoms with E-state index in [-0.39, 0.29) is 40.4 Å². The lowest BCUT2D eigenvalue weighted by atomic mass is 10.0. The van der Waals surface area contributed by atoms with Crippen LogP contribution >= 0.6 is 23.2 Å². The fourth-order valence-corrected chi connectivity index (χ4v) is 5.58. The lowest BCUT2D eigenvalue weighted by Crippen LogP contribution is -2.54. The number of anilines is 1. The van der Waals surface area contributed by atoms with E-state index in [4.69, 9.17) is 23.2 Å². The normalized spacial score (nSPS) is 12.7. The number of nitro groups is 1. The summed E-state index contributed by atoms with van der Waals surface area (Å²) in [6, 6.07) is 17.6. The number of nitrogens with one attached hydrogen (secondary N) is 1. The molecular weight excluding hydrogens is 603 g/mol. The zero-order chi connectivity index (χ0) is 31.0. The van der Waals surface area contributed by atoms with Gasteiger partial charge in [-0.05, 0) is 37.1 Å². The SMILES string of the molecule is CC[C@@H](C)NC(=O)[C@@H](Cc1ccccc1)N(Cc1c(Cl)cccc1Cl)C(=O)CN(c1cccc([N+](=O)[O-])c1)S(C)(=O)=O. The summed E-state index contributed by atoms with van der Waals surface area (Å²) < 4.78 is 26.5.